The zero-order valence-electron chi connectivity index (χ0n) is 20.8. The number of halogens is 2. The van der Waals surface area contributed by atoms with Crippen molar-refractivity contribution < 1.29 is 23.4 Å². The monoisotopic (exact) mass is 496 g/mol. The third kappa shape index (κ3) is 4.78. The largest absolute Gasteiger partial charge is 0.512 e. The number of ether oxygens (including phenoxy) is 2. The third-order valence-electron chi connectivity index (χ3n) is 8.12. The van der Waals surface area contributed by atoms with Crippen LogP contribution in [0, 0.1) is 11.8 Å². The van der Waals surface area contributed by atoms with Crippen LogP contribution in [0.15, 0.2) is 72.1 Å². The van der Waals surface area contributed by atoms with Crippen molar-refractivity contribution in [3.63, 3.8) is 0 Å². The van der Waals surface area contributed by atoms with E-state index in [0.717, 1.165) is 42.9 Å². The molecule has 0 radical (unpaired) electrons. The van der Waals surface area contributed by atoms with Crippen molar-refractivity contribution in [2.24, 2.45) is 11.8 Å². The van der Waals surface area contributed by atoms with Gasteiger partial charge in [-0.3, -0.25) is 0 Å². The van der Waals surface area contributed by atoms with E-state index in [-0.39, 0.29) is 36.7 Å². The molecule has 2 fully saturated rings. The van der Waals surface area contributed by atoms with E-state index in [1.807, 2.05) is 48.7 Å². The van der Waals surface area contributed by atoms with E-state index in [9.17, 15) is 5.11 Å². The molecule has 0 spiro atoms. The Bertz CT molecular complexity index is 1090. The van der Waals surface area contributed by atoms with E-state index in [1.54, 1.807) is 26.4 Å². The van der Waals surface area contributed by atoms with Gasteiger partial charge in [-0.1, -0.05) is 48.0 Å². The first-order valence-corrected chi connectivity index (χ1v) is 12.7. The van der Waals surface area contributed by atoms with E-state index in [4.69, 9.17) is 14.5 Å². The van der Waals surface area contributed by atoms with Crippen LogP contribution in [0.2, 0.25) is 0 Å². The normalized spacial score (nSPS) is 26.4. The third-order valence-corrected chi connectivity index (χ3v) is 8.12. The van der Waals surface area contributed by atoms with Crippen LogP contribution in [0.25, 0.3) is 0 Å². The summed E-state index contributed by atoms with van der Waals surface area (Å²) in [5.41, 5.74) is 2.51. The van der Waals surface area contributed by atoms with Crippen molar-refractivity contribution in [1.82, 2.24) is 4.98 Å². The van der Waals surface area contributed by atoms with Crippen molar-refractivity contribution in [3.8, 4) is 0 Å². The van der Waals surface area contributed by atoms with E-state index < -0.39 is 11.8 Å². The van der Waals surface area contributed by atoms with Gasteiger partial charge in [0.15, 0.2) is 6.29 Å². The number of piperidine rings is 1. The van der Waals surface area contributed by atoms with Gasteiger partial charge in [0.2, 0.25) is 0 Å². The number of methoxy groups -OCH3 is 2. The van der Waals surface area contributed by atoms with E-state index >= 15 is 8.78 Å². The van der Waals surface area contributed by atoms with Crippen LogP contribution in [0.5, 0.6) is 0 Å². The molecular formula is C29H34F2N2O3. The summed E-state index contributed by atoms with van der Waals surface area (Å²) in [4.78, 5) is 7.05. The molecule has 2 aromatic rings. The van der Waals surface area contributed by atoms with Crippen LogP contribution in [0.3, 0.4) is 0 Å². The molecule has 1 aromatic carbocycles. The molecule has 1 unspecified atom stereocenters. The van der Waals surface area contributed by atoms with Gasteiger partial charge in [-0.05, 0) is 36.1 Å². The molecular weight excluding hydrogens is 462 g/mol. The number of rotatable bonds is 6. The van der Waals surface area contributed by atoms with Crippen LogP contribution < -0.4 is 4.90 Å². The topological polar surface area (TPSA) is 54.8 Å². The highest BCUT2D eigenvalue weighted by Crippen LogP contribution is 2.57. The number of aliphatic hydroxyl groups is 1. The molecule has 2 aliphatic carbocycles. The molecule has 3 aliphatic rings. The highest BCUT2D eigenvalue weighted by Gasteiger charge is 2.53. The summed E-state index contributed by atoms with van der Waals surface area (Å²) in [7, 11) is 3.35. The number of benzene rings is 1. The number of anilines is 1. The van der Waals surface area contributed by atoms with Gasteiger partial charge >= 0.3 is 0 Å². The van der Waals surface area contributed by atoms with Crippen LogP contribution in [-0.2, 0) is 9.47 Å². The van der Waals surface area contributed by atoms with Gasteiger partial charge in [-0.25, -0.2) is 13.8 Å². The number of aromatic nitrogens is 1. The molecule has 1 saturated carbocycles. The molecule has 192 valence electrons. The number of hydrogen-bond acceptors (Lipinski definition) is 5. The number of fused-ring (bicyclic) bond motifs is 1. The van der Waals surface area contributed by atoms with E-state index in [1.165, 1.54) is 0 Å². The standard InChI is InChI=1S/C29H34F2N2O3/c1-35-28(36-2)20-12-14-33(15-13-20)26-11-8-21(18-32-26)27-23-10-9-22(34)16-25(23)29(30,31)17-24(27)19-6-4-3-5-7-19/h3-11,18,20,24-25,27-28,34H,12-17H2,1-2H3/t24-,25?,27-/m1/s1. The summed E-state index contributed by atoms with van der Waals surface area (Å²) in [5, 5.41) is 10.0. The average molecular weight is 497 g/mol. The zero-order chi connectivity index (χ0) is 25.3. The summed E-state index contributed by atoms with van der Waals surface area (Å²) >= 11 is 0. The molecule has 7 heteroatoms. The molecule has 1 N–H and O–H groups in total. The van der Waals surface area contributed by atoms with Crippen LogP contribution in [-0.4, -0.2) is 49.6 Å². The maximum atomic E-state index is 15.4. The van der Waals surface area contributed by atoms with Gasteiger partial charge in [-0.2, -0.15) is 0 Å². The maximum absolute atomic E-state index is 15.4. The summed E-state index contributed by atoms with van der Waals surface area (Å²) in [5.74, 6) is -3.23. The van der Waals surface area contributed by atoms with Gasteiger partial charge in [0.25, 0.3) is 5.92 Å². The minimum Gasteiger partial charge on any atom is -0.512 e. The molecule has 2 heterocycles. The van der Waals surface area contributed by atoms with Crippen LogP contribution in [0.1, 0.15) is 48.6 Å². The van der Waals surface area contributed by atoms with Gasteiger partial charge in [-0.15, -0.1) is 0 Å². The Balaban J connectivity index is 1.42. The van der Waals surface area contributed by atoms with E-state index in [2.05, 4.69) is 4.90 Å². The van der Waals surface area contributed by atoms with Crippen molar-refractivity contribution in [3.05, 3.63) is 83.3 Å². The first kappa shape index (κ1) is 24.9. The molecule has 36 heavy (non-hydrogen) atoms. The number of aliphatic hydroxyl groups excluding tert-OH is 1. The molecule has 1 aromatic heterocycles. The quantitative estimate of drug-likeness (QED) is 0.482. The lowest BCUT2D eigenvalue weighted by molar-refractivity contribution is -0.141. The lowest BCUT2D eigenvalue weighted by atomic mass is 9.62. The number of hydrogen-bond donors (Lipinski definition) is 1. The predicted molar refractivity (Wildman–Crippen MR) is 135 cm³/mol. The number of alkyl halides is 2. The molecule has 1 saturated heterocycles. The number of allylic oxidation sites excluding steroid dienone is 4. The summed E-state index contributed by atoms with van der Waals surface area (Å²) in [6.45, 7) is 1.72. The van der Waals surface area contributed by atoms with Crippen molar-refractivity contribution >= 4 is 5.82 Å². The van der Waals surface area contributed by atoms with Gasteiger partial charge in [0.1, 0.15) is 5.82 Å². The zero-order valence-corrected chi connectivity index (χ0v) is 20.8. The molecule has 1 aliphatic heterocycles. The Kier molecular flexibility index (Phi) is 7.13. The number of pyridine rings is 1. The summed E-state index contributed by atoms with van der Waals surface area (Å²) in [6, 6.07) is 13.6. The highest BCUT2D eigenvalue weighted by atomic mass is 19.3. The smallest absolute Gasteiger partial charge is 0.255 e. The first-order valence-electron chi connectivity index (χ1n) is 12.7. The summed E-state index contributed by atoms with van der Waals surface area (Å²) < 4.78 is 41.6. The van der Waals surface area contributed by atoms with Crippen molar-refractivity contribution in [2.45, 2.75) is 49.7 Å². The minimum atomic E-state index is -2.90. The molecule has 5 nitrogen and oxygen atoms in total. The Morgan fingerprint density at radius 3 is 2.36 bits per heavy atom. The Morgan fingerprint density at radius 1 is 1.00 bits per heavy atom. The Labute approximate surface area is 211 Å². The second kappa shape index (κ2) is 10.3. The maximum Gasteiger partial charge on any atom is 0.255 e. The van der Waals surface area contributed by atoms with Gasteiger partial charge in [0.05, 0.1) is 11.7 Å². The highest BCUT2D eigenvalue weighted by molar-refractivity contribution is 5.46. The van der Waals surface area contributed by atoms with Gasteiger partial charge in [0, 0.05) is 64.1 Å². The predicted octanol–water partition coefficient (Wildman–Crippen LogP) is 6.21. The Morgan fingerprint density at radius 2 is 1.72 bits per heavy atom. The first-order chi connectivity index (χ1) is 17.4. The fourth-order valence-electron chi connectivity index (χ4n) is 6.29. The minimum absolute atomic E-state index is 0.0152. The molecule has 3 atom stereocenters. The second-order valence-corrected chi connectivity index (χ2v) is 10.2. The fraction of sp³-hybridized carbons (Fsp3) is 0.483. The molecule has 0 amide bonds. The van der Waals surface area contributed by atoms with Gasteiger partial charge < -0.3 is 19.5 Å². The lowest BCUT2D eigenvalue weighted by Gasteiger charge is -2.45. The number of nitrogens with zero attached hydrogens (tertiary/aromatic N) is 2. The second-order valence-electron chi connectivity index (χ2n) is 10.2. The molecule has 5 rings (SSSR count). The lowest BCUT2D eigenvalue weighted by Crippen LogP contribution is -2.41. The SMILES string of the molecule is COC(OC)C1CCN(c2ccc([C@@H]3C4=CC=C(O)CC4C(F)(F)C[C@@H]3c3ccccc3)cn2)CC1. The van der Waals surface area contributed by atoms with Crippen molar-refractivity contribution in [2.75, 3.05) is 32.2 Å². The molecule has 0 bridgehead atoms. The van der Waals surface area contributed by atoms with Crippen LogP contribution >= 0.6 is 0 Å². The van der Waals surface area contributed by atoms with Crippen molar-refractivity contribution in [1.29, 1.82) is 0 Å². The Hall–Kier alpha value is -2.77. The summed E-state index contributed by atoms with van der Waals surface area (Å²) in [6.07, 6.45) is 6.57. The van der Waals surface area contributed by atoms with Crippen LogP contribution in [0.4, 0.5) is 14.6 Å². The average Bonchev–Trinajstić information content (AvgIpc) is 2.90. The fourth-order valence-corrected chi connectivity index (χ4v) is 6.29. The van der Waals surface area contributed by atoms with E-state index in [0.29, 0.717) is 11.5 Å².